The van der Waals surface area contributed by atoms with E-state index < -0.39 is 5.91 Å². The Morgan fingerprint density at radius 2 is 1.97 bits per heavy atom. The first-order valence-corrected chi connectivity index (χ1v) is 10.8. The average Bonchev–Trinajstić information content (AvgIpc) is 3.13. The maximum absolute atomic E-state index is 12.4. The molecule has 1 fully saturated rings. The van der Waals surface area contributed by atoms with Crippen LogP contribution in [0.1, 0.15) is 21.7 Å². The molecule has 0 bridgehead atoms. The molecule has 150 valence electrons. The summed E-state index contributed by atoms with van der Waals surface area (Å²) in [6.07, 6.45) is 1.63. The summed E-state index contributed by atoms with van der Waals surface area (Å²) in [4.78, 5) is 14.7. The highest BCUT2D eigenvalue weighted by molar-refractivity contribution is 9.11. The van der Waals surface area contributed by atoms with E-state index >= 15 is 0 Å². The van der Waals surface area contributed by atoms with Gasteiger partial charge in [0, 0.05) is 28.6 Å². The fourth-order valence-corrected chi connectivity index (χ4v) is 4.67. The number of nitrogens with one attached hydrogen (secondary N) is 1. The Bertz CT molecular complexity index is 1090. The van der Waals surface area contributed by atoms with Crippen molar-refractivity contribution >= 4 is 60.6 Å². The number of aryl methyl sites for hydroxylation is 1. The molecule has 1 N–H and O–H groups in total. The maximum atomic E-state index is 12.4. The SMILES string of the molecule is Cc1cc(/C=N\NC(=O)c2cc3cc(Br)cc(Br)c3o2)ccc1N1CCOCC1. The van der Waals surface area contributed by atoms with E-state index in [4.69, 9.17) is 9.15 Å². The number of halogens is 2. The molecule has 1 saturated heterocycles. The molecule has 29 heavy (non-hydrogen) atoms. The number of anilines is 1. The first kappa shape index (κ1) is 20.1. The summed E-state index contributed by atoms with van der Waals surface area (Å²) >= 11 is 6.87. The smallest absolute Gasteiger partial charge is 0.307 e. The van der Waals surface area contributed by atoms with Crippen molar-refractivity contribution in [2.75, 3.05) is 31.2 Å². The third-order valence-electron chi connectivity index (χ3n) is 4.71. The molecule has 1 aromatic heterocycles. The molecule has 4 rings (SSSR count). The molecule has 6 nitrogen and oxygen atoms in total. The number of fused-ring (bicyclic) bond motifs is 1. The van der Waals surface area contributed by atoms with E-state index in [-0.39, 0.29) is 5.76 Å². The van der Waals surface area contributed by atoms with Crippen LogP contribution in [0, 0.1) is 6.92 Å². The largest absolute Gasteiger partial charge is 0.450 e. The third-order valence-corrected chi connectivity index (χ3v) is 5.76. The highest BCUT2D eigenvalue weighted by atomic mass is 79.9. The number of amides is 1. The van der Waals surface area contributed by atoms with Crippen LogP contribution in [-0.4, -0.2) is 38.4 Å². The maximum Gasteiger partial charge on any atom is 0.307 e. The summed E-state index contributed by atoms with van der Waals surface area (Å²) in [5.41, 5.74) is 6.42. The van der Waals surface area contributed by atoms with Crippen molar-refractivity contribution in [1.29, 1.82) is 0 Å². The Hall–Kier alpha value is -2.16. The van der Waals surface area contributed by atoms with E-state index in [1.54, 1.807) is 12.3 Å². The van der Waals surface area contributed by atoms with Crippen molar-refractivity contribution < 1.29 is 13.9 Å². The van der Waals surface area contributed by atoms with Gasteiger partial charge in [0.1, 0.15) is 5.58 Å². The number of hydrogen-bond donors (Lipinski definition) is 1. The zero-order valence-corrected chi connectivity index (χ0v) is 18.9. The van der Waals surface area contributed by atoms with E-state index in [9.17, 15) is 4.79 Å². The zero-order valence-electron chi connectivity index (χ0n) is 15.7. The highest BCUT2D eigenvalue weighted by Gasteiger charge is 2.15. The minimum absolute atomic E-state index is 0.204. The van der Waals surface area contributed by atoms with Gasteiger partial charge in [-0.2, -0.15) is 5.10 Å². The molecular weight excluding hydrogens is 502 g/mol. The quantitative estimate of drug-likeness (QED) is 0.394. The molecule has 8 heteroatoms. The fraction of sp³-hybridized carbons (Fsp3) is 0.238. The van der Waals surface area contributed by atoms with Crippen LogP contribution in [0.4, 0.5) is 5.69 Å². The Balaban J connectivity index is 1.44. The number of ether oxygens (including phenoxy) is 1. The van der Waals surface area contributed by atoms with Crippen molar-refractivity contribution in [2.45, 2.75) is 6.92 Å². The van der Waals surface area contributed by atoms with E-state index in [1.165, 1.54) is 5.69 Å². The summed E-state index contributed by atoms with van der Waals surface area (Å²) in [5.74, 6) is -0.197. The number of hydrogen-bond acceptors (Lipinski definition) is 5. The van der Waals surface area contributed by atoms with Crippen LogP contribution in [-0.2, 0) is 4.74 Å². The second kappa shape index (κ2) is 8.69. The first-order chi connectivity index (χ1) is 14.0. The van der Waals surface area contributed by atoms with E-state index in [0.717, 1.165) is 51.8 Å². The Labute approximate surface area is 185 Å². The number of morpholine rings is 1. The van der Waals surface area contributed by atoms with Gasteiger partial charge in [-0.25, -0.2) is 5.43 Å². The number of nitrogens with zero attached hydrogens (tertiary/aromatic N) is 2. The Kier molecular flexibility index (Phi) is 6.03. The normalized spacial score (nSPS) is 14.7. The Morgan fingerprint density at radius 3 is 2.72 bits per heavy atom. The number of benzene rings is 2. The van der Waals surface area contributed by atoms with Gasteiger partial charge < -0.3 is 14.1 Å². The molecule has 2 aromatic carbocycles. The van der Waals surface area contributed by atoms with E-state index in [1.807, 2.05) is 18.2 Å². The molecule has 3 aromatic rings. The van der Waals surface area contributed by atoms with Crippen LogP contribution < -0.4 is 10.3 Å². The van der Waals surface area contributed by atoms with Gasteiger partial charge in [0.05, 0.1) is 23.9 Å². The summed E-state index contributed by atoms with van der Waals surface area (Å²) in [6.45, 7) is 5.38. The van der Waals surface area contributed by atoms with Gasteiger partial charge in [-0.1, -0.05) is 22.0 Å². The van der Waals surface area contributed by atoms with Crippen LogP contribution in [0.25, 0.3) is 11.0 Å². The van der Waals surface area contributed by atoms with Gasteiger partial charge in [-0.15, -0.1) is 0 Å². The molecule has 0 radical (unpaired) electrons. The van der Waals surface area contributed by atoms with Gasteiger partial charge in [0.2, 0.25) is 0 Å². The summed E-state index contributed by atoms with van der Waals surface area (Å²) < 4.78 is 12.7. The predicted molar refractivity (Wildman–Crippen MR) is 121 cm³/mol. The molecule has 0 atom stereocenters. The molecule has 0 aliphatic carbocycles. The van der Waals surface area contributed by atoms with Gasteiger partial charge in [-0.3, -0.25) is 4.79 Å². The fourth-order valence-electron chi connectivity index (χ4n) is 3.33. The number of rotatable bonds is 4. The molecule has 0 spiro atoms. The van der Waals surface area contributed by atoms with Crippen molar-refractivity contribution in [1.82, 2.24) is 5.43 Å². The van der Waals surface area contributed by atoms with Crippen LogP contribution in [0.3, 0.4) is 0 Å². The van der Waals surface area contributed by atoms with Gasteiger partial charge in [0.15, 0.2) is 5.76 Å². The number of furan rings is 1. The third kappa shape index (κ3) is 4.55. The number of carbonyl (C=O) groups is 1. The second-order valence-electron chi connectivity index (χ2n) is 6.76. The van der Waals surface area contributed by atoms with Gasteiger partial charge in [0.25, 0.3) is 0 Å². The van der Waals surface area contributed by atoms with Gasteiger partial charge in [-0.05, 0) is 64.3 Å². The summed E-state index contributed by atoms with van der Waals surface area (Å²) in [5, 5.41) is 4.90. The number of carbonyl (C=O) groups excluding carboxylic acids is 1. The molecule has 0 saturated carbocycles. The van der Waals surface area contributed by atoms with Crippen LogP contribution in [0.5, 0.6) is 0 Å². The average molecular weight is 521 g/mol. The lowest BCUT2D eigenvalue weighted by Crippen LogP contribution is -2.36. The lowest BCUT2D eigenvalue weighted by atomic mass is 10.1. The topological polar surface area (TPSA) is 67.1 Å². The second-order valence-corrected chi connectivity index (χ2v) is 8.53. The molecular formula is C21H19Br2N3O3. The molecule has 0 unspecified atom stereocenters. The van der Waals surface area contributed by atoms with Crippen molar-refractivity contribution in [3.63, 3.8) is 0 Å². The monoisotopic (exact) mass is 519 g/mol. The minimum atomic E-state index is -0.401. The van der Waals surface area contributed by atoms with Crippen LogP contribution in [0.2, 0.25) is 0 Å². The van der Waals surface area contributed by atoms with Crippen molar-refractivity contribution in [3.8, 4) is 0 Å². The van der Waals surface area contributed by atoms with Gasteiger partial charge >= 0.3 is 5.91 Å². The predicted octanol–water partition coefficient (Wildman–Crippen LogP) is 4.87. The summed E-state index contributed by atoms with van der Waals surface area (Å²) in [6, 6.07) is 11.6. The van der Waals surface area contributed by atoms with E-state index in [2.05, 4.69) is 66.3 Å². The minimum Gasteiger partial charge on any atom is -0.450 e. The first-order valence-electron chi connectivity index (χ1n) is 9.16. The van der Waals surface area contributed by atoms with Crippen molar-refractivity contribution in [3.05, 3.63) is 62.2 Å². The number of hydrazone groups is 1. The lowest BCUT2D eigenvalue weighted by molar-refractivity contribution is 0.0929. The molecule has 1 aliphatic rings. The highest BCUT2D eigenvalue weighted by Crippen LogP contribution is 2.31. The standard InChI is InChI=1S/C21H19Br2N3O3/c1-13-8-14(2-3-18(13)26-4-6-28-7-5-26)12-24-25-21(27)19-10-15-9-16(22)11-17(23)20(15)29-19/h2-3,8-12H,4-7H2,1H3,(H,25,27)/b24-12-. The lowest BCUT2D eigenvalue weighted by Gasteiger charge is -2.30. The molecule has 2 heterocycles. The van der Waals surface area contributed by atoms with Crippen LogP contribution >= 0.6 is 31.9 Å². The van der Waals surface area contributed by atoms with Crippen molar-refractivity contribution in [2.24, 2.45) is 5.10 Å². The zero-order chi connectivity index (χ0) is 20.4. The molecule has 1 aliphatic heterocycles. The van der Waals surface area contributed by atoms with E-state index in [0.29, 0.717) is 5.58 Å². The Morgan fingerprint density at radius 1 is 1.17 bits per heavy atom. The molecule has 1 amide bonds. The van der Waals surface area contributed by atoms with Crippen LogP contribution in [0.15, 0.2) is 54.9 Å². The summed E-state index contributed by atoms with van der Waals surface area (Å²) in [7, 11) is 0.